The van der Waals surface area contributed by atoms with Crippen molar-refractivity contribution in [3.8, 4) is 17.2 Å². The number of alkyl halides is 2. The number of ether oxygens (including phenoxy) is 2. The van der Waals surface area contributed by atoms with E-state index in [0.29, 0.717) is 5.69 Å². The van der Waals surface area contributed by atoms with Gasteiger partial charge >= 0.3 is 6.29 Å². The summed E-state index contributed by atoms with van der Waals surface area (Å²) in [5, 5.41) is 8.02. The SMILES string of the molecule is FC1(F)Oc2ccc(-n3nnc4ccccc43)cc2O1. The molecular weight excluding hydrogens is 268 g/mol. The van der Waals surface area contributed by atoms with E-state index >= 15 is 0 Å². The molecule has 2 heterocycles. The van der Waals surface area contributed by atoms with Crippen molar-refractivity contribution in [2.75, 3.05) is 0 Å². The number of para-hydroxylation sites is 1. The second-order valence-electron chi connectivity index (χ2n) is 4.29. The number of fused-ring (bicyclic) bond motifs is 2. The normalized spacial score (nSPS) is 15.7. The summed E-state index contributed by atoms with van der Waals surface area (Å²) in [6.45, 7) is 0. The molecule has 0 saturated carbocycles. The Hall–Kier alpha value is -2.70. The summed E-state index contributed by atoms with van der Waals surface area (Å²) in [4.78, 5) is 0. The summed E-state index contributed by atoms with van der Waals surface area (Å²) in [7, 11) is 0. The number of rotatable bonds is 1. The molecule has 0 unspecified atom stereocenters. The zero-order valence-corrected chi connectivity index (χ0v) is 9.96. The van der Waals surface area contributed by atoms with Gasteiger partial charge in [0.05, 0.1) is 11.2 Å². The molecule has 2 aromatic carbocycles. The third-order valence-electron chi connectivity index (χ3n) is 2.98. The van der Waals surface area contributed by atoms with Crippen molar-refractivity contribution in [3.05, 3.63) is 42.5 Å². The highest BCUT2D eigenvalue weighted by Crippen LogP contribution is 2.41. The van der Waals surface area contributed by atoms with Crippen LogP contribution in [0.1, 0.15) is 0 Å². The van der Waals surface area contributed by atoms with Crippen molar-refractivity contribution in [1.82, 2.24) is 15.0 Å². The summed E-state index contributed by atoms with van der Waals surface area (Å²) in [5.41, 5.74) is 2.06. The predicted octanol–water partition coefficient (Wildman–Crippen LogP) is 2.74. The lowest BCUT2D eigenvalue weighted by Gasteiger charge is -2.04. The number of aromatic nitrogens is 3. The smallest absolute Gasteiger partial charge is 0.395 e. The molecule has 4 rings (SSSR count). The summed E-state index contributed by atoms with van der Waals surface area (Å²) in [5.74, 6) is -0.0183. The van der Waals surface area contributed by atoms with Crippen LogP contribution in [-0.2, 0) is 0 Å². The minimum absolute atomic E-state index is 0.00294. The Morgan fingerprint density at radius 2 is 1.80 bits per heavy atom. The quantitative estimate of drug-likeness (QED) is 0.685. The Kier molecular flexibility index (Phi) is 2.04. The van der Waals surface area contributed by atoms with E-state index in [9.17, 15) is 8.78 Å². The molecule has 3 aromatic rings. The minimum Gasteiger partial charge on any atom is -0.395 e. The maximum absolute atomic E-state index is 13.0. The van der Waals surface area contributed by atoms with E-state index in [4.69, 9.17) is 0 Å². The molecule has 0 saturated heterocycles. The van der Waals surface area contributed by atoms with Gasteiger partial charge in [0.1, 0.15) is 5.52 Å². The van der Waals surface area contributed by atoms with Crippen molar-refractivity contribution in [1.29, 1.82) is 0 Å². The Balaban J connectivity index is 1.85. The summed E-state index contributed by atoms with van der Waals surface area (Å²) < 4.78 is 36.3. The first-order valence-corrected chi connectivity index (χ1v) is 5.83. The van der Waals surface area contributed by atoms with Crippen LogP contribution >= 0.6 is 0 Å². The maximum atomic E-state index is 13.0. The Labute approximate surface area is 111 Å². The molecule has 0 spiro atoms. The molecule has 100 valence electrons. The second-order valence-corrected chi connectivity index (χ2v) is 4.29. The van der Waals surface area contributed by atoms with E-state index in [1.807, 2.05) is 24.3 Å². The molecule has 0 N–H and O–H groups in total. The van der Waals surface area contributed by atoms with Crippen LogP contribution in [-0.4, -0.2) is 21.3 Å². The van der Waals surface area contributed by atoms with Crippen LogP contribution in [0.15, 0.2) is 42.5 Å². The van der Waals surface area contributed by atoms with Crippen LogP contribution in [0.3, 0.4) is 0 Å². The molecule has 1 aliphatic rings. The molecule has 0 amide bonds. The summed E-state index contributed by atoms with van der Waals surface area (Å²) in [6.07, 6.45) is -3.62. The van der Waals surface area contributed by atoms with Crippen LogP contribution in [0.2, 0.25) is 0 Å². The number of hydrogen-bond donors (Lipinski definition) is 0. The molecule has 0 fully saturated rings. The zero-order chi connectivity index (χ0) is 13.7. The third-order valence-corrected chi connectivity index (χ3v) is 2.98. The average Bonchev–Trinajstić information content (AvgIpc) is 2.96. The van der Waals surface area contributed by atoms with Crippen LogP contribution < -0.4 is 9.47 Å². The summed E-state index contributed by atoms with van der Waals surface area (Å²) >= 11 is 0. The van der Waals surface area contributed by atoms with E-state index < -0.39 is 6.29 Å². The predicted molar refractivity (Wildman–Crippen MR) is 65.1 cm³/mol. The van der Waals surface area contributed by atoms with Crippen LogP contribution in [0, 0.1) is 0 Å². The average molecular weight is 275 g/mol. The molecule has 7 heteroatoms. The number of hydrogen-bond acceptors (Lipinski definition) is 4. The van der Waals surface area contributed by atoms with Gasteiger partial charge in [-0.2, -0.15) is 0 Å². The van der Waals surface area contributed by atoms with Crippen molar-refractivity contribution >= 4 is 11.0 Å². The van der Waals surface area contributed by atoms with Crippen molar-refractivity contribution < 1.29 is 18.3 Å². The van der Waals surface area contributed by atoms with Crippen LogP contribution in [0.5, 0.6) is 11.5 Å². The fourth-order valence-electron chi connectivity index (χ4n) is 2.13. The van der Waals surface area contributed by atoms with E-state index in [0.717, 1.165) is 11.0 Å². The van der Waals surface area contributed by atoms with Gasteiger partial charge in [-0.05, 0) is 24.3 Å². The van der Waals surface area contributed by atoms with Gasteiger partial charge in [0, 0.05) is 6.07 Å². The van der Waals surface area contributed by atoms with Gasteiger partial charge in [-0.15, -0.1) is 13.9 Å². The topological polar surface area (TPSA) is 49.2 Å². The molecule has 5 nitrogen and oxygen atoms in total. The van der Waals surface area contributed by atoms with Gasteiger partial charge in [-0.1, -0.05) is 17.3 Å². The highest BCUT2D eigenvalue weighted by Gasteiger charge is 2.43. The van der Waals surface area contributed by atoms with Gasteiger partial charge < -0.3 is 9.47 Å². The Morgan fingerprint density at radius 1 is 1.00 bits per heavy atom. The van der Waals surface area contributed by atoms with E-state index in [2.05, 4.69) is 19.8 Å². The monoisotopic (exact) mass is 275 g/mol. The highest BCUT2D eigenvalue weighted by molar-refractivity contribution is 5.76. The molecule has 20 heavy (non-hydrogen) atoms. The molecule has 0 atom stereocenters. The number of nitrogens with zero attached hydrogens (tertiary/aromatic N) is 3. The zero-order valence-electron chi connectivity index (χ0n) is 9.96. The molecule has 0 radical (unpaired) electrons. The van der Waals surface area contributed by atoms with Crippen molar-refractivity contribution in [2.24, 2.45) is 0 Å². The largest absolute Gasteiger partial charge is 0.586 e. The molecule has 1 aliphatic heterocycles. The summed E-state index contributed by atoms with van der Waals surface area (Å²) in [6, 6.07) is 11.8. The third kappa shape index (κ3) is 1.59. The first-order valence-electron chi connectivity index (χ1n) is 5.83. The van der Waals surface area contributed by atoms with Gasteiger partial charge in [-0.3, -0.25) is 0 Å². The van der Waals surface area contributed by atoms with Crippen LogP contribution in [0.4, 0.5) is 8.78 Å². The maximum Gasteiger partial charge on any atom is 0.586 e. The fourth-order valence-corrected chi connectivity index (χ4v) is 2.13. The molecule has 0 bridgehead atoms. The fraction of sp³-hybridized carbons (Fsp3) is 0.0769. The first-order chi connectivity index (χ1) is 9.62. The minimum atomic E-state index is -3.62. The van der Waals surface area contributed by atoms with Gasteiger partial charge in [0.15, 0.2) is 11.5 Å². The molecule has 0 aliphatic carbocycles. The first kappa shape index (κ1) is 11.2. The van der Waals surface area contributed by atoms with Crippen molar-refractivity contribution in [2.45, 2.75) is 6.29 Å². The lowest BCUT2D eigenvalue weighted by molar-refractivity contribution is -0.286. The van der Waals surface area contributed by atoms with E-state index in [1.165, 1.54) is 12.1 Å². The van der Waals surface area contributed by atoms with Gasteiger partial charge in [0.25, 0.3) is 0 Å². The Bertz CT molecular complexity index is 816. The Morgan fingerprint density at radius 3 is 2.70 bits per heavy atom. The number of benzene rings is 2. The van der Waals surface area contributed by atoms with E-state index in [1.54, 1.807) is 10.7 Å². The number of halogens is 2. The lowest BCUT2D eigenvalue weighted by atomic mass is 10.2. The van der Waals surface area contributed by atoms with Gasteiger partial charge in [-0.25, -0.2) is 4.68 Å². The molecule has 1 aromatic heterocycles. The van der Waals surface area contributed by atoms with Crippen molar-refractivity contribution in [3.63, 3.8) is 0 Å². The lowest BCUT2D eigenvalue weighted by Crippen LogP contribution is -2.25. The highest BCUT2D eigenvalue weighted by atomic mass is 19.3. The standard InChI is InChI=1S/C13H7F2N3O2/c14-13(15)19-11-6-5-8(7-12(11)20-13)18-10-4-2-1-3-9(10)16-17-18/h1-7H. The second kappa shape index (κ2) is 3.66. The van der Waals surface area contributed by atoms with Gasteiger partial charge in [0.2, 0.25) is 0 Å². The van der Waals surface area contributed by atoms with Crippen LogP contribution in [0.25, 0.3) is 16.7 Å². The molecular formula is C13H7F2N3O2. The van der Waals surface area contributed by atoms with E-state index in [-0.39, 0.29) is 11.5 Å².